The molecule has 0 unspecified atom stereocenters. The summed E-state index contributed by atoms with van der Waals surface area (Å²) in [5.41, 5.74) is 2.63. The number of benzene rings is 1. The Kier molecular flexibility index (Phi) is 8.88. The molecular weight excluding hydrogens is 319 g/mol. The summed E-state index contributed by atoms with van der Waals surface area (Å²) in [6.07, 6.45) is 14.4. The average molecular weight is 355 g/mol. The molecule has 0 aromatic heterocycles. The third-order valence-corrected chi connectivity index (χ3v) is 12.3. The number of rotatable bonds is 12. The molecule has 0 saturated carbocycles. The maximum atomic E-state index is 7.67. The van der Waals surface area contributed by atoms with Crippen LogP contribution in [0, 0.1) is 0 Å². The molecule has 1 aromatic carbocycles. The minimum atomic E-state index is -2.19. The first-order chi connectivity index (χ1) is 11.0. The van der Waals surface area contributed by atoms with Gasteiger partial charge in [0.15, 0.2) is 0 Å². The SMILES string of the molecule is C=Cc1cccc(CP(Cl)(CCCC)(CCCC)CCCC)c1. The normalized spacial score (nSPS) is 13.5. The van der Waals surface area contributed by atoms with Crippen molar-refractivity contribution in [3.63, 3.8) is 0 Å². The van der Waals surface area contributed by atoms with Crippen molar-refractivity contribution in [3.8, 4) is 0 Å². The molecule has 0 bridgehead atoms. The predicted molar refractivity (Wildman–Crippen MR) is 112 cm³/mol. The molecule has 0 spiro atoms. The molecule has 0 nitrogen and oxygen atoms in total. The van der Waals surface area contributed by atoms with Crippen LogP contribution in [-0.4, -0.2) is 18.5 Å². The van der Waals surface area contributed by atoms with Crippen LogP contribution < -0.4 is 0 Å². The van der Waals surface area contributed by atoms with Crippen molar-refractivity contribution in [1.29, 1.82) is 0 Å². The van der Waals surface area contributed by atoms with E-state index >= 15 is 0 Å². The molecule has 23 heavy (non-hydrogen) atoms. The molecule has 0 saturated heterocycles. The first-order valence-corrected chi connectivity index (χ1v) is 13.3. The molecule has 0 N–H and O–H groups in total. The third kappa shape index (κ3) is 6.60. The zero-order chi connectivity index (χ0) is 17.2. The molecule has 0 atom stereocenters. The van der Waals surface area contributed by atoms with E-state index in [2.05, 4.69) is 51.6 Å². The van der Waals surface area contributed by atoms with E-state index in [9.17, 15) is 0 Å². The summed E-state index contributed by atoms with van der Waals surface area (Å²) >= 11 is 7.67. The second kappa shape index (κ2) is 9.85. The molecule has 0 aliphatic carbocycles. The van der Waals surface area contributed by atoms with Gasteiger partial charge in [-0.3, -0.25) is 0 Å². The number of hydrogen-bond donors (Lipinski definition) is 0. The van der Waals surface area contributed by atoms with Gasteiger partial charge in [0.05, 0.1) is 0 Å². The van der Waals surface area contributed by atoms with Crippen LogP contribution in [0.2, 0.25) is 0 Å². The standard InChI is InChI=1S/C21H36ClP/c1-5-9-15-23(22,16-10-6-2,17-11-7-3)19-21-14-12-13-20(8-4)18-21/h8,12-14,18H,4-7,9-11,15-17,19H2,1-3H3. The van der Waals surface area contributed by atoms with Crippen LogP contribution in [0.5, 0.6) is 0 Å². The van der Waals surface area contributed by atoms with Crippen LogP contribution in [0.1, 0.15) is 70.4 Å². The van der Waals surface area contributed by atoms with E-state index in [4.69, 9.17) is 11.2 Å². The van der Waals surface area contributed by atoms with Crippen molar-refractivity contribution in [2.45, 2.75) is 65.5 Å². The van der Waals surface area contributed by atoms with E-state index in [-0.39, 0.29) is 0 Å². The first-order valence-electron chi connectivity index (χ1n) is 9.43. The van der Waals surface area contributed by atoms with Gasteiger partial charge in [0.25, 0.3) is 0 Å². The maximum absolute atomic E-state index is 7.67. The van der Waals surface area contributed by atoms with E-state index in [1.165, 1.54) is 68.1 Å². The van der Waals surface area contributed by atoms with Crippen molar-refractivity contribution >= 4 is 23.3 Å². The fourth-order valence-corrected chi connectivity index (χ4v) is 10.6. The molecule has 1 rings (SSSR count). The molecule has 0 aliphatic rings. The summed E-state index contributed by atoms with van der Waals surface area (Å²) in [4.78, 5) is 0. The van der Waals surface area contributed by atoms with Crippen LogP contribution in [0.4, 0.5) is 0 Å². The topological polar surface area (TPSA) is 0 Å². The Morgan fingerprint density at radius 3 is 1.91 bits per heavy atom. The number of hydrogen-bond acceptors (Lipinski definition) is 0. The van der Waals surface area contributed by atoms with E-state index in [0.29, 0.717) is 0 Å². The zero-order valence-corrected chi connectivity index (χ0v) is 17.1. The van der Waals surface area contributed by atoms with Crippen molar-refractivity contribution in [1.82, 2.24) is 0 Å². The summed E-state index contributed by atoms with van der Waals surface area (Å²) < 4.78 is 0. The average Bonchev–Trinajstić information content (AvgIpc) is 2.57. The zero-order valence-electron chi connectivity index (χ0n) is 15.5. The van der Waals surface area contributed by atoms with Crippen LogP contribution in [-0.2, 0) is 6.16 Å². The summed E-state index contributed by atoms with van der Waals surface area (Å²) in [5, 5.41) is 0. The number of halogens is 1. The van der Waals surface area contributed by atoms with Gasteiger partial charge < -0.3 is 0 Å². The monoisotopic (exact) mass is 354 g/mol. The van der Waals surface area contributed by atoms with E-state index in [1.807, 2.05) is 6.08 Å². The Morgan fingerprint density at radius 1 is 0.957 bits per heavy atom. The van der Waals surface area contributed by atoms with E-state index in [0.717, 1.165) is 6.16 Å². The van der Waals surface area contributed by atoms with Crippen LogP contribution >= 0.6 is 17.2 Å². The van der Waals surface area contributed by atoms with Gasteiger partial charge in [0.2, 0.25) is 0 Å². The van der Waals surface area contributed by atoms with Gasteiger partial charge in [-0.15, -0.1) is 0 Å². The van der Waals surface area contributed by atoms with Gasteiger partial charge in [-0.1, -0.05) is 0 Å². The summed E-state index contributed by atoms with van der Waals surface area (Å²) in [5.74, 6) is -2.19. The van der Waals surface area contributed by atoms with Gasteiger partial charge in [0, 0.05) is 0 Å². The van der Waals surface area contributed by atoms with Gasteiger partial charge in [-0.2, -0.15) is 0 Å². The molecule has 0 aliphatic heterocycles. The number of unbranched alkanes of at least 4 members (excludes halogenated alkanes) is 3. The van der Waals surface area contributed by atoms with Gasteiger partial charge in [0.1, 0.15) is 0 Å². The molecular formula is C21H36ClP. The second-order valence-corrected chi connectivity index (χ2v) is 15.3. The molecule has 132 valence electrons. The van der Waals surface area contributed by atoms with E-state index < -0.39 is 5.96 Å². The fraction of sp³-hybridized carbons (Fsp3) is 0.619. The van der Waals surface area contributed by atoms with Crippen LogP contribution in [0.25, 0.3) is 6.08 Å². The van der Waals surface area contributed by atoms with Crippen LogP contribution in [0.15, 0.2) is 30.8 Å². The van der Waals surface area contributed by atoms with Crippen molar-refractivity contribution in [2.75, 3.05) is 18.5 Å². The molecule has 1 aromatic rings. The Labute approximate surface area is 149 Å². The summed E-state index contributed by atoms with van der Waals surface area (Å²) in [7, 11) is 0. The Balaban J connectivity index is 3.13. The van der Waals surface area contributed by atoms with Gasteiger partial charge >= 0.3 is 149 Å². The molecule has 0 heterocycles. The van der Waals surface area contributed by atoms with Crippen molar-refractivity contribution in [3.05, 3.63) is 42.0 Å². The van der Waals surface area contributed by atoms with Gasteiger partial charge in [-0.25, -0.2) is 0 Å². The van der Waals surface area contributed by atoms with E-state index in [1.54, 1.807) is 0 Å². The quantitative estimate of drug-likeness (QED) is 0.334. The predicted octanol–water partition coefficient (Wildman–Crippen LogP) is 7.94. The summed E-state index contributed by atoms with van der Waals surface area (Å²) in [6, 6.07) is 8.84. The van der Waals surface area contributed by atoms with Crippen LogP contribution in [0.3, 0.4) is 0 Å². The van der Waals surface area contributed by atoms with Crippen molar-refractivity contribution < 1.29 is 0 Å². The Bertz CT molecular complexity index is 456. The fourth-order valence-electron chi connectivity index (χ4n) is 3.51. The second-order valence-electron chi connectivity index (χ2n) is 7.16. The minimum absolute atomic E-state index is 1.11. The molecule has 0 radical (unpaired) electrons. The third-order valence-electron chi connectivity index (χ3n) is 4.98. The summed E-state index contributed by atoms with van der Waals surface area (Å²) in [6.45, 7) is 10.8. The molecule has 0 amide bonds. The first kappa shape index (κ1) is 20.7. The Hall–Kier alpha value is -0.320. The van der Waals surface area contributed by atoms with Crippen molar-refractivity contribution in [2.24, 2.45) is 0 Å². The van der Waals surface area contributed by atoms with Gasteiger partial charge in [-0.05, 0) is 0 Å². The Morgan fingerprint density at radius 2 is 1.48 bits per heavy atom. The molecule has 0 fully saturated rings. The molecule has 2 heteroatoms.